The van der Waals surface area contributed by atoms with E-state index < -0.39 is 0 Å². The predicted molar refractivity (Wildman–Crippen MR) is 75.6 cm³/mol. The van der Waals surface area contributed by atoms with E-state index in [1.54, 1.807) is 0 Å². The second-order valence-corrected chi connectivity index (χ2v) is 7.06. The smallest absolute Gasteiger partial charge is 0.0569 e. The van der Waals surface area contributed by atoms with Crippen LogP contribution >= 0.6 is 11.8 Å². The molecule has 1 aliphatic heterocycles. The lowest BCUT2D eigenvalue weighted by molar-refractivity contribution is 0.646. The average Bonchev–Trinajstić information content (AvgIpc) is 2.28. The van der Waals surface area contributed by atoms with Gasteiger partial charge in [-0.2, -0.15) is 11.8 Å². The van der Waals surface area contributed by atoms with Gasteiger partial charge in [-0.1, -0.05) is 0 Å². The van der Waals surface area contributed by atoms with Crippen LogP contribution in [-0.4, -0.2) is 28.6 Å². The van der Waals surface area contributed by atoms with Crippen LogP contribution in [0.5, 0.6) is 0 Å². The Kier molecular flexibility index (Phi) is 3.64. The zero-order chi connectivity index (χ0) is 12.5. The molecule has 94 valence electrons. The maximum Gasteiger partial charge on any atom is 0.0569 e. The summed E-state index contributed by atoms with van der Waals surface area (Å²) in [6, 6.07) is 4.18. The fourth-order valence-electron chi connectivity index (χ4n) is 2.09. The second kappa shape index (κ2) is 4.86. The summed E-state index contributed by atoms with van der Waals surface area (Å²) in [5.41, 5.74) is 7.97. The molecule has 2 N–H and O–H groups in total. The lowest BCUT2D eigenvalue weighted by atomic mass is 10.1. The Hall–Kier alpha value is -0.740. The van der Waals surface area contributed by atoms with E-state index in [1.165, 1.54) is 11.4 Å². The van der Waals surface area contributed by atoms with Crippen molar-refractivity contribution in [3.05, 3.63) is 24.0 Å². The molecule has 1 aliphatic rings. The summed E-state index contributed by atoms with van der Waals surface area (Å²) in [6.45, 7) is 8.74. The van der Waals surface area contributed by atoms with Gasteiger partial charge in [0.25, 0.3) is 0 Å². The van der Waals surface area contributed by atoms with Gasteiger partial charge in [0.2, 0.25) is 0 Å². The summed E-state index contributed by atoms with van der Waals surface area (Å²) in [6.07, 6.45) is 1.95. The predicted octanol–water partition coefficient (Wildman–Crippen LogP) is 2.43. The lowest BCUT2D eigenvalue weighted by Gasteiger charge is -2.38. The van der Waals surface area contributed by atoms with Crippen molar-refractivity contribution in [3.8, 4) is 0 Å². The van der Waals surface area contributed by atoms with E-state index in [4.69, 9.17) is 5.73 Å². The van der Waals surface area contributed by atoms with E-state index in [2.05, 4.69) is 29.8 Å². The minimum absolute atomic E-state index is 0.0115. The first-order chi connectivity index (χ1) is 7.98. The first kappa shape index (κ1) is 12.7. The van der Waals surface area contributed by atoms with Crippen molar-refractivity contribution in [2.24, 2.45) is 5.73 Å². The van der Waals surface area contributed by atoms with Crippen molar-refractivity contribution in [1.82, 2.24) is 4.98 Å². The van der Waals surface area contributed by atoms with Gasteiger partial charge in [0.05, 0.1) is 17.6 Å². The topological polar surface area (TPSA) is 42.1 Å². The Balaban J connectivity index is 2.12. The molecule has 0 radical (unpaired) electrons. The Bertz CT molecular complexity index is 373. The molecular formula is C13H21N3S. The van der Waals surface area contributed by atoms with E-state index in [-0.39, 0.29) is 6.04 Å². The Morgan fingerprint density at radius 1 is 1.47 bits per heavy atom. The first-order valence-corrected chi connectivity index (χ1v) is 7.07. The summed E-state index contributed by atoms with van der Waals surface area (Å²) in [5, 5.41) is 0. The minimum Gasteiger partial charge on any atom is -0.368 e. The van der Waals surface area contributed by atoms with Crippen molar-refractivity contribution >= 4 is 17.4 Å². The molecule has 0 saturated carbocycles. The molecule has 17 heavy (non-hydrogen) atoms. The lowest BCUT2D eigenvalue weighted by Crippen LogP contribution is -2.43. The molecule has 1 atom stereocenters. The van der Waals surface area contributed by atoms with Crippen LogP contribution in [0.25, 0.3) is 0 Å². The van der Waals surface area contributed by atoms with Crippen LogP contribution in [0.1, 0.15) is 32.5 Å². The summed E-state index contributed by atoms with van der Waals surface area (Å²) < 4.78 is 0.331. The molecule has 3 nitrogen and oxygen atoms in total. The molecular weight excluding hydrogens is 230 g/mol. The number of anilines is 1. The number of nitrogens with zero attached hydrogens (tertiary/aromatic N) is 2. The standard InChI is InChI=1S/C13H21N3S/c1-10(14)12-5-4-11(8-15-12)16-6-7-17-13(2,3)9-16/h4-5,8,10H,6-7,9,14H2,1-3H3. The molecule has 0 spiro atoms. The number of hydrogen-bond donors (Lipinski definition) is 1. The molecule has 0 aromatic carbocycles. The van der Waals surface area contributed by atoms with Crippen molar-refractivity contribution in [2.75, 3.05) is 23.7 Å². The zero-order valence-electron chi connectivity index (χ0n) is 10.8. The largest absolute Gasteiger partial charge is 0.368 e. The highest BCUT2D eigenvalue weighted by atomic mass is 32.2. The van der Waals surface area contributed by atoms with E-state index >= 15 is 0 Å². The monoisotopic (exact) mass is 251 g/mol. The van der Waals surface area contributed by atoms with Crippen molar-refractivity contribution in [3.63, 3.8) is 0 Å². The summed E-state index contributed by atoms with van der Waals surface area (Å²) >= 11 is 2.04. The molecule has 0 bridgehead atoms. The van der Waals surface area contributed by atoms with Gasteiger partial charge in [0, 0.05) is 29.6 Å². The molecule has 2 rings (SSSR count). The van der Waals surface area contributed by atoms with E-state index in [9.17, 15) is 0 Å². The first-order valence-electron chi connectivity index (χ1n) is 6.08. The quantitative estimate of drug-likeness (QED) is 0.876. The highest BCUT2D eigenvalue weighted by molar-refractivity contribution is 8.00. The van der Waals surface area contributed by atoms with Gasteiger partial charge in [0.15, 0.2) is 0 Å². The van der Waals surface area contributed by atoms with Crippen LogP contribution in [0.2, 0.25) is 0 Å². The summed E-state index contributed by atoms with van der Waals surface area (Å²) in [7, 11) is 0. The Morgan fingerprint density at radius 3 is 2.76 bits per heavy atom. The number of rotatable bonds is 2. The molecule has 1 aromatic rings. The number of aromatic nitrogens is 1. The fourth-order valence-corrected chi connectivity index (χ4v) is 3.20. The molecule has 4 heteroatoms. The van der Waals surface area contributed by atoms with Crippen molar-refractivity contribution in [2.45, 2.75) is 31.6 Å². The van der Waals surface area contributed by atoms with Gasteiger partial charge >= 0.3 is 0 Å². The second-order valence-electron chi connectivity index (χ2n) is 5.26. The van der Waals surface area contributed by atoms with Gasteiger partial charge in [-0.05, 0) is 32.9 Å². The van der Waals surface area contributed by atoms with E-state index in [0.29, 0.717) is 4.75 Å². The van der Waals surface area contributed by atoms with Gasteiger partial charge < -0.3 is 10.6 Å². The van der Waals surface area contributed by atoms with Crippen LogP contribution in [0.4, 0.5) is 5.69 Å². The molecule has 1 aromatic heterocycles. The Labute approximate surface area is 108 Å². The van der Waals surface area contributed by atoms with Crippen LogP contribution in [0, 0.1) is 0 Å². The molecule has 0 aliphatic carbocycles. The molecule has 1 unspecified atom stereocenters. The normalized spacial score (nSPS) is 21.3. The third-order valence-electron chi connectivity index (χ3n) is 3.03. The third-order valence-corrected chi connectivity index (χ3v) is 4.33. The molecule has 0 amide bonds. The van der Waals surface area contributed by atoms with Gasteiger partial charge in [-0.3, -0.25) is 4.98 Å². The fraction of sp³-hybridized carbons (Fsp3) is 0.615. The number of hydrogen-bond acceptors (Lipinski definition) is 4. The van der Waals surface area contributed by atoms with Gasteiger partial charge in [0.1, 0.15) is 0 Å². The average molecular weight is 251 g/mol. The van der Waals surface area contributed by atoms with Crippen molar-refractivity contribution in [1.29, 1.82) is 0 Å². The highest BCUT2D eigenvalue weighted by Crippen LogP contribution is 2.32. The number of thioether (sulfide) groups is 1. The van der Waals surface area contributed by atoms with Crippen LogP contribution in [-0.2, 0) is 0 Å². The molecule has 1 saturated heterocycles. The Morgan fingerprint density at radius 2 is 2.24 bits per heavy atom. The number of pyridine rings is 1. The summed E-state index contributed by atoms with van der Waals surface area (Å²) in [5.74, 6) is 1.18. The van der Waals surface area contributed by atoms with Crippen LogP contribution < -0.4 is 10.6 Å². The SMILES string of the molecule is CC(N)c1ccc(N2CCSC(C)(C)C2)cn1. The zero-order valence-corrected chi connectivity index (χ0v) is 11.6. The maximum absolute atomic E-state index is 5.81. The van der Waals surface area contributed by atoms with Gasteiger partial charge in [-0.25, -0.2) is 0 Å². The maximum atomic E-state index is 5.81. The van der Waals surface area contributed by atoms with Gasteiger partial charge in [-0.15, -0.1) is 0 Å². The van der Waals surface area contributed by atoms with Crippen LogP contribution in [0.15, 0.2) is 18.3 Å². The molecule has 1 fully saturated rings. The van der Waals surface area contributed by atoms with E-state index in [0.717, 1.165) is 18.8 Å². The minimum atomic E-state index is 0.0115. The third kappa shape index (κ3) is 3.13. The van der Waals surface area contributed by atoms with Crippen molar-refractivity contribution < 1.29 is 0 Å². The summed E-state index contributed by atoms with van der Waals surface area (Å²) in [4.78, 5) is 6.84. The highest BCUT2D eigenvalue weighted by Gasteiger charge is 2.27. The molecule has 2 heterocycles. The van der Waals surface area contributed by atoms with E-state index in [1.807, 2.05) is 30.9 Å². The number of nitrogens with two attached hydrogens (primary N) is 1. The van der Waals surface area contributed by atoms with Crippen LogP contribution in [0.3, 0.4) is 0 Å².